The Morgan fingerprint density at radius 1 is 1.36 bits per heavy atom. The number of methoxy groups -OCH3 is 1. The largest absolute Gasteiger partial charge is 0.466 e. The van der Waals surface area contributed by atoms with Gasteiger partial charge in [0.2, 0.25) is 0 Å². The van der Waals surface area contributed by atoms with Crippen molar-refractivity contribution in [3.8, 4) is 0 Å². The molecule has 1 aromatic rings. The van der Waals surface area contributed by atoms with E-state index in [4.69, 9.17) is 4.74 Å². The molecule has 118 valence electrons. The third-order valence-corrected chi connectivity index (χ3v) is 3.61. The lowest BCUT2D eigenvalue weighted by atomic mass is 9.94. The van der Waals surface area contributed by atoms with Crippen LogP contribution >= 0.6 is 0 Å². The number of halogens is 2. The van der Waals surface area contributed by atoms with Crippen LogP contribution in [0, 0.1) is 11.6 Å². The van der Waals surface area contributed by atoms with Gasteiger partial charge < -0.3 is 10.1 Å². The lowest BCUT2D eigenvalue weighted by molar-refractivity contribution is -0.136. The second kappa shape index (κ2) is 6.13. The Morgan fingerprint density at radius 3 is 2.45 bits per heavy atom. The van der Waals surface area contributed by atoms with Crippen LogP contribution in [0.3, 0.4) is 0 Å². The van der Waals surface area contributed by atoms with E-state index in [0.717, 1.165) is 12.1 Å². The summed E-state index contributed by atoms with van der Waals surface area (Å²) in [7, 11) is 1.17. The first-order chi connectivity index (χ1) is 10.4. The first-order valence-corrected chi connectivity index (χ1v) is 6.73. The molecule has 0 saturated carbocycles. The summed E-state index contributed by atoms with van der Waals surface area (Å²) in [6.07, 6.45) is 0. The Labute approximate surface area is 126 Å². The van der Waals surface area contributed by atoms with E-state index >= 15 is 0 Å². The van der Waals surface area contributed by atoms with Crippen LogP contribution in [0.15, 0.2) is 29.5 Å². The Kier molecular flexibility index (Phi) is 4.44. The Balaban J connectivity index is 2.66. The van der Waals surface area contributed by atoms with Crippen LogP contribution in [-0.4, -0.2) is 30.6 Å². The van der Waals surface area contributed by atoms with E-state index in [1.54, 1.807) is 13.8 Å². The number of esters is 1. The average Bonchev–Trinajstić information content (AvgIpc) is 2.46. The minimum absolute atomic E-state index is 0.00736. The normalized spacial score (nSPS) is 18.3. The van der Waals surface area contributed by atoms with Gasteiger partial charge in [0.25, 0.3) is 0 Å². The zero-order chi connectivity index (χ0) is 16.4. The predicted molar refractivity (Wildman–Crippen MR) is 74.7 cm³/mol. The average molecular weight is 310 g/mol. The number of carbonyl (C=O) groups is 2. The van der Waals surface area contributed by atoms with Crippen molar-refractivity contribution in [3.63, 3.8) is 0 Å². The highest BCUT2D eigenvalue weighted by atomic mass is 19.1. The molecule has 1 aromatic carbocycles. The standard InChI is InChI=1S/C15H16F2N2O3/c1-4-19-8(2)11(14(20)22-3)13(18-15(19)21)12-9(16)6-5-7-10(12)17/h5-7,13H,4H2,1-3H3,(H,18,21). The highest BCUT2D eigenvalue weighted by Crippen LogP contribution is 2.33. The molecule has 0 saturated heterocycles. The molecule has 2 amide bonds. The number of urea groups is 1. The lowest BCUT2D eigenvalue weighted by Gasteiger charge is -2.34. The number of nitrogens with zero attached hydrogens (tertiary/aromatic N) is 1. The Hall–Kier alpha value is -2.44. The second-order valence-electron chi connectivity index (χ2n) is 4.75. The van der Waals surface area contributed by atoms with Crippen LogP contribution in [0.4, 0.5) is 13.6 Å². The molecule has 0 spiro atoms. The quantitative estimate of drug-likeness (QED) is 0.873. The number of amides is 2. The molecular weight excluding hydrogens is 294 g/mol. The fourth-order valence-corrected chi connectivity index (χ4v) is 2.54. The zero-order valence-electron chi connectivity index (χ0n) is 12.4. The first-order valence-electron chi connectivity index (χ1n) is 6.73. The van der Waals surface area contributed by atoms with Gasteiger partial charge in [-0.25, -0.2) is 18.4 Å². The van der Waals surface area contributed by atoms with Crippen LogP contribution in [0.1, 0.15) is 25.5 Å². The van der Waals surface area contributed by atoms with E-state index in [9.17, 15) is 18.4 Å². The summed E-state index contributed by atoms with van der Waals surface area (Å²) in [5.41, 5.74) is -0.0648. The van der Waals surface area contributed by atoms with Crippen molar-refractivity contribution < 1.29 is 23.1 Å². The molecule has 0 radical (unpaired) electrons. The van der Waals surface area contributed by atoms with Gasteiger partial charge in [0.05, 0.1) is 24.3 Å². The lowest BCUT2D eigenvalue weighted by Crippen LogP contribution is -2.48. The van der Waals surface area contributed by atoms with Gasteiger partial charge in [-0.15, -0.1) is 0 Å². The third-order valence-electron chi connectivity index (χ3n) is 3.61. The molecule has 0 bridgehead atoms. The number of benzene rings is 1. The summed E-state index contributed by atoms with van der Waals surface area (Å²) in [5.74, 6) is -2.43. The minimum atomic E-state index is -1.23. The van der Waals surface area contributed by atoms with Crippen molar-refractivity contribution in [2.75, 3.05) is 13.7 Å². The minimum Gasteiger partial charge on any atom is -0.466 e. The van der Waals surface area contributed by atoms with E-state index in [1.165, 1.54) is 18.1 Å². The SMILES string of the molecule is CCN1C(=O)NC(c2c(F)cccc2F)C(C(=O)OC)=C1C. The number of ether oxygens (including phenoxy) is 1. The number of hydrogen-bond acceptors (Lipinski definition) is 3. The van der Waals surface area contributed by atoms with Gasteiger partial charge in [-0.3, -0.25) is 4.90 Å². The summed E-state index contributed by atoms with van der Waals surface area (Å²) in [6.45, 7) is 3.58. The Morgan fingerprint density at radius 2 is 1.95 bits per heavy atom. The van der Waals surface area contributed by atoms with Gasteiger partial charge >= 0.3 is 12.0 Å². The fourth-order valence-electron chi connectivity index (χ4n) is 2.54. The molecular formula is C15H16F2N2O3. The third kappa shape index (κ3) is 2.54. The molecule has 0 aliphatic carbocycles. The fraction of sp³-hybridized carbons (Fsp3) is 0.333. The molecule has 1 aliphatic heterocycles. The number of rotatable bonds is 3. The number of allylic oxidation sites excluding steroid dienone is 1. The van der Waals surface area contributed by atoms with Crippen LogP contribution in [0.25, 0.3) is 0 Å². The molecule has 5 nitrogen and oxygen atoms in total. The van der Waals surface area contributed by atoms with Crippen molar-refractivity contribution in [2.24, 2.45) is 0 Å². The summed E-state index contributed by atoms with van der Waals surface area (Å²) in [6, 6.07) is 1.59. The van der Waals surface area contributed by atoms with Crippen molar-refractivity contribution in [1.82, 2.24) is 10.2 Å². The highest BCUT2D eigenvalue weighted by Gasteiger charge is 2.38. The maximum atomic E-state index is 14.0. The van der Waals surface area contributed by atoms with Crippen molar-refractivity contribution >= 4 is 12.0 Å². The molecule has 7 heteroatoms. The molecule has 1 atom stereocenters. The molecule has 0 aromatic heterocycles. The van der Waals surface area contributed by atoms with Gasteiger partial charge in [-0.05, 0) is 26.0 Å². The van der Waals surface area contributed by atoms with Gasteiger partial charge in [-0.1, -0.05) is 6.07 Å². The van der Waals surface area contributed by atoms with E-state index in [2.05, 4.69) is 5.32 Å². The molecule has 2 rings (SSSR count). The second-order valence-corrected chi connectivity index (χ2v) is 4.75. The van der Waals surface area contributed by atoms with E-state index in [-0.39, 0.29) is 11.1 Å². The maximum Gasteiger partial charge on any atom is 0.337 e. The number of carbonyl (C=O) groups excluding carboxylic acids is 2. The summed E-state index contributed by atoms with van der Waals surface area (Å²) in [4.78, 5) is 25.4. The highest BCUT2D eigenvalue weighted by molar-refractivity contribution is 5.95. The van der Waals surface area contributed by atoms with Crippen molar-refractivity contribution in [3.05, 3.63) is 46.7 Å². The van der Waals surface area contributed by atoms with E-state index in [1.807, 2.05) is 0 Å². The molecule has 0 fully saturated rings. The molecule has 22 heavy (non-hydrogen) atoms. The summed E-state index contributed by atoms with van der Waals surface area (Å²) in [5, 5.41) is 2.46. The monoisotopic (exact) mass is 310 g/mol. The number of nitrogens with one attached hydrogen (secondary N) is 1. The van der Waals surface area contributed by atoms with Gasteiger partial charge in [0, 0.05) is 12.2 Å². The van der Waals surface area contributed by atoms with Gasteiger partial charge in [0.1, 0.15) is 11.6 Å². The van der Waals surface area contributed by atoms with E-state index in [0.29, 0.717) is 12.2 Å². The maximum absolute atomic E-state index is 14.0. The van der Waals surface area contributed by atoms with Crippen molar-refractivity contribution in [2.45, 2.75) is 19.9 Å². The molecule has 1 unspecified atom stereocenters. The van der Waals surface area contributed by atoms with E-state index < -0.39 is 29.7 Å². The topological polar surface area (TPSA) is 58.6 Å². The van der Waals surface area contributed by atoms with Crippen LogP contribution in [-0.2, 0) is 9.53 Å². The van der Waals surface area contributed by atoms with Crippen LogP contribution < -0.4 is 5.32 Å². The smallest absolute Gasteiger partial charge is 0.337 e. The molecule has 1 N–H and O–H groups in total. The molecule has 1 aliphatic rings. The number of hydrogen-bond donors (Lipinski definition) is 1. The van der Waals surface area contributed by atoms with Crippen LogP contribution in [0.2, 0.25) is 0 Å². The van der Waals surface area contributed by atoms with Crippen molar-refractivity contribution in [1.29, 1.82) is 0 Å². The summed E-state index contributed by atoms with van der Waals surface area (Å²) >= 11 is 0. The molecule has 1 heterocycles. The van der Waals surface area contributed by atoms with Gasteiger partial charge in [0.15, 0.2) is 0 Å². The zero-order valence-corrected chi connectivity index (χ0v) is 12.4. The van der Waals surface area contributed by atoms with Crippen LogP contribution in [0.5, 0.6) is 0 Å². The Bertz CT molecular complexity index is 638. The summed E-state index contributed by atoms with van der Waals surface area (Å²) < 4.78 is 32.8. The van der Waals surface area contributed by atoms with Gasteiger partial charge in [-0.2, -0.15) is 0 Å². The first kappa shape index (κ1) is 15.9. The predicted octanol–water partition coefficient (Wildman–Crippen LogP) is 2.50.